The van der Waals surface area contributed by atoms with Crippen molar-refractivity contribution in [2.75, 3.05) is 13.2 Å². The number of halogens is 1. The first-order valence-corrected chi connectivity index (χ1v) is 11.8. The van der Waals surface area contributed by atoms with Crippen molar-refractivity contribution in [3.05, 3.63) is 76.0 Å². The van der Waals surface area contributed by atoms with Crippen molar-refractivity contribution in [3.8, 4) is 5.75 Å². The van der Waals surface area contributed by atoms with Gasteiger partial charge >= 0.3 is 5.97 Å². The molecule has 1 saturated carbocycles. The predicted octanol–water partition coefficient (Wildman–Crippen LogP) is 5.88. The normalized spacial score (nSPS) is 22.5. The van der Waals surface area contributed by atoms with E-state index in [1.165, 1.54) is 0 Å². The number of carbonyl (C=O) groups excluding carboxylic acids is 2. The highest BCUT2D eigenvalue weighted by atomic mass is 35.5. The first-order chi connectivity index (χ1) is 15.9. The molecule has 172 valence electrons. The zero-order valence-corrected chi connectivity index (χ0v) is 19.9. The third-order valence-corrected chi connectivity index (χ3v) is 6.59. The van der Waals surface area contributed by atoms with Crippen LogP contribution in [0.1, 0.15) is 56.6 Å². The molecule has 5 nitrogen and oxygen atoms in total. The Morgan fingerprint density at radius 1 is 0.970 bits per heavy atom. The molecule has 33 heavy (non-hydrogen) atoms. The number of nitrogens with zero attached hydrogens (tertiary/aromatic N) is 1. The Bertz CT molecular complexity index is 1100. The summed E-state index contributed by atoms with van der Waals surface area (Å²) in [6, 6.07) is 15.3. The smallest absolute Gasteiger partial charge is 0.336 e. The highest BCUT2D eigenvalue weighted by Crippen LogP contribution is 2.46. The summed E-state index contributed by atoms with van der Waals surface area (Å²) in [5.41, 5.74) is 3.87. The Morgan fingerprint density at radius 2 is 1.64 bits per heavy atom. The SMILES string of the molecule is CCOC(=O)C1=C(C)N=C2C[C@H](c3ccc(Cl)cc3)CC(=O)C2[C@H]1c1ccc(OCC)cc1. The second-order valence-corrected chi connectivity index (χ2v) is 8.84. The van der Waals surface area contributed by atoms with Crippen LogP contribution in [0.15, 0.2) is 64.8 Å². The molecule has 0 amide bonds. The van der Waals surface area contributed by atoms with Gasteiger partial charge < -0.3 is 9.47 Å². The number of hydrogen-bond donors (Lipinski definition) is 0. The monoisotopic (exact) mass is 465 g/mol. The molecule has 6 heteroatoms. The van der Waals surface area contributed by atoms with Crippen LogP contribution >= 0.6 is 11.6 Å². The lowest BCUT2D eigenvalue weighted by atomic mass is 9.66. The number of allylic oxidation sites excluding steroid dienone is 1. The van der Waals surface area contributed by atoms with Crippen LogP contribution < -0.4 is 4.74 Å². The Morgan fingerprint density at radius 3 is 2.27 bits per heavy atom. The number of esters is 1. The van der Waals surface area contributed by atoms with Crippen molar-refractivity contribution in [2.24, 2.45) is 10.9 Å². The van der Waals surface area contributed by atoms with Crippen LogP contribution in [0.5, 0.6) is 5.75 Å². The Kier molecular flexibility index (Phi) is 6.99. The second-order valence-electron chi connectivity index (χ2n) is 8.40. The van der Waals surface area contributed by atoms with E-state index in [0.717, 1.165) is 22.6 Å². The molecule has 0 saturated heterocycles. The minimum Gasteiger partial charge on any atom is -0.494 e. The number of Topliss-reactive ketones (excluding diaryl/α,β-unsaturated/α-hetero) is 1. The topological polar surface area (TPSA) is 65.0 Å². The summed E-state index contributed by atoms with van der Waals surface area (Å²) < 4.78 is 10.9. The molecule has 0 radical (unpaired) electrons. The lowest BCUT2D eigenvalue weighted by Gasteiger charge is -2.38. The molecule has 0 aromatic heterocycles. The van der Waals surface area contributed by atoms with E-state index in [1.807, 2.05) is 62.4 Å². The third kappa shape index (κ3) is 4.74. The molecule has 2 aliphatic rings. The number of carbonyl (C=O) groups is 2. The molecule has 3 atom stereocenters. The summed E-state index contributed by atoms with van der Waals surface area (Å²) >= 11 is 6.05. The lowest BCUT2D eigenvalue weighted by Crippen LogP contribution is -2.41. The fourth-order valence-electron chi connectivity index (χ4n) is 4.92. The Balaban J connectivity index is 1.75. The van der Waals surface area contributed by atoms with E-state index in [0.29, 0.717) is 35.7 Å². The lowest BCUT2D eigenvalue weighted by molar-refractivity contribution is -0.139. The zero-order chi connectivity index (χ0) is 23.5. The molecule has 0 N–H and O–H groups in total. The standard InChI is InChI=1S/C27H28ClNO4/c1-4-32-21-12-8-18(9-13-21)25-24(27(31)33-5-2)16(3)29-22-14-19(15-23(30)26(22)25)17-6-10-20(28)11-7-17/h6-13,19,25-26H,4-5,14-15H2,1-3H3/t19-,25-,26?/m0/s1. The van der Waals surface area contributed by atoms with Crippen LogP contribution in [0.4, 0.5) is 0 Å². The molecule has 0 spiro atoms. The number of rotatable bonds is 6. The maximum Gasteiger partial charge on any atom is 0.336 e. The molecule has 1 aliphatic carbocycles. The maximum atomic E-state index is 13.6. The molecule has 1 fully saturated rings. The minimum atomic E-state index is -0.477. The molecular weight excluding hydrogens is 438 g/mol. The average molecular weight is 466 g/mol. The summed E-state index contributed by atoms with van der Waals surface area (Å²) in [4.78, 5) is 31.3. The van der Waals surface area contributed by atoms with Gasteiger partial charge in [-0.2, -0.15) is 0 Å². The van der Waals surface area contributed by atoms with E-state index in [-0.39, 0.29) is 18.3 Å². The van der Waals surface area contributed by atoms with Crippen molar-refractivity contribution >= 4 is 29.1 Å². The first kappa shape index (κ1) is 23.2. The van der Waals surface area contributed by atoms with Crippen LogP contribution in [0.2, 0.25) is 5.02 Å². The van der Waals surface area contributed by atoms with E-state index in [1.54, 1.807) is 6.92 Å². The number of ether oxygens (including phenoxy) is 2. The molecular formula is C27H28ClNO4. The summed E-state index contributed by atoms with van der Waals surface area (Å²) in [7, 11) is 0. The molecule has 2 aromatic carbocycles. The highest BCUT2D eigenvalue weighted by molar-refractivity contribution is 6.30. The number of ketones is 1. The van der Waals surface area contributed by atoms with E-state index in [9.17, 15) is 9.59 Å². The van der Waals surface area contributed by atoms with Gasteiger partial charge in [0.1, 0.15) is 11.5 Å². The van der Waals surface area contributed by atoms with Gasteiger partial charge in [-0.1, -0.05) is 35.9 Å². The van der Waals surface area contributed by atoms with Crippen molar-refractivity contribution in [3.63, 3.8) is 0 Å². The fraction of sp³-hybridized carbons (Fsp3) is 0.370. The number of fused-ring (bicyclic) bond motifs is 1. The molecule has 1 unspecified atom stereocenters. The quantitative estimate of drug-likeness (QED) is 0.500. The van der Waals surface area contributed by atoms with Crippen LogP contribution in [0.3, 0.4) is 0 Å². The molecule has 0 bridgehead atoms. The molecule has 4 rings (SSSR count). The van der Waals surface area contributed by atoms with Crippen molar-refractivity contribution in [1.29, 1.82) is 0 Å². The van der Waals surface area contributed by atoms with E-state index in [2.05, 4.69) is 0 Å². The van der Waals surface area contributed by atoms with Gasteiger partial charge in [0.2, 0.25) is 0 Å². The average Bonchev–Trinajstić information content (AvgIpc) is 2.79. The third-order valence-electron chi connectivity index (χ3n) is 6.34. The second kappa shape index (κ2) is 9.92. The van der Waals surface area contributed by atoms with E-state index < -0.39 is 17.8 Å². The summed E-state index contributed by atoms with van der Waals surface area (Å²) in [6.45, 7) is 6.37. The van der Waals surface area contributed by atoms with Crippen molar-refractivity contribution in [1.82, 2.24) is 0 Å². The van der Waals surface area contributed by atoms with Crippen LogP contribution in [-0.4, -0.2) is 30.7 Å². The predicted molar refractivity (Wildman–Crippen MR) is 129 cm³/mol. The van der Waals surface area contributed by atoms with Gasteiger partial charge in [0.25, 0.3) is 0 Å². The maximum absolute atomic E-state index is 13.6. The largest absolute Gasteiger partial charge is 0.494 e. The van der Waals surface area contributed by atoms with Crippen molar-refractivity contribution in [2.45, 2.75) is 45.4 Å². The molecule has 1 aliphatic heterocycles. The van der Waals surface area contributed by atoms with Gasteiger partial charge in [0.05, 0.1) is 24.7 Å². The van der Waals surface area contributed by atoms with Gasteiger partial charge in [0.15, 0.2) is 0 Å². The number of benzene rings is 2. The minimum absolute atomic E-state index is 0.0442. The van der Waals surface area contributed by atoms with Crippen LogP contribution in [0, 0.1) is 5.92 Å². The Hall–Kier alpha value is -2.92. The van der Waals surface area contributed by atoms with Gasteiger partial charge in [-0.05, 0) is 68.5 Å². The van der Waals surface area contributed by atoms with E-state index >= 15 is 0 Å². The Labute approximate surface area is 199 Å². The van der Waals surface area contributed by atoms with E-state index in [4.69, 9.17) is 26.1 Å². The van der Waals surface area contributed by atoms with Gasteiger partial charge in [-0.3, -0.25) is 9.79 Å². The fourth-order valence-corrected chi connectivity index (χ4v) is 5.05. The molecule has 1 heterocycles. The highest BCUT2D eigenvalue weighted by Gasteiger charge is 2.46. The summed E-state index contributed by atoms with van der Waals surface area (Å²) in [5, 5.41) is 0.669. The van der Waals surface area contributed by atoms with Crippen LogP contribution in [0.25, 0.3) is 0 Å². The first-order valence-electron chi connectivity index (χ1n) is 11.4. The number of hydrogen-bond acceptors (Lipinski definition) is 5. The van der Waals surface area contributed by atoms with Crippen molar-refractivity contribution < 1.29 is 19.1 Å². The van der Waals surface area contributed by atoms with Crippen LogP contribution in [-0.2, 0) is 14.3 Å². The zero-order valence-electron chi connectivity index (χ0n) is 19.1. The number of aliphatic imine (C=N–C) groups is 1. The summed E-state index contributed by atoms with van der Waals surface area (Å²) in [5.74, 6) is -0.428. The van der Waals surface area contributed by atoms with Gasteiger partial charge in [0, 0.05) is 28.8 Å². The van der Waals surface area contributed by atoms with Gasteiger partial charge in [-0.15, -0.1) is 0 Å². The molecule has 2 aromatic rings. The summed E-state index contributed by atoms with van der Waals surface area (Å²) in [6.07, 6.45) is 1.06. The van der Waals surface area contributed by atoms with Gasteiger partial charge in [-0.25, -0.2) is 4.79 Å².